The van der Waals surface area contributed by atoms with E-state index in [1.165, 1.54) is 22.5 Å². The first-order valence-corrected chi connectivity index (χ1v) is 11.9. The number of amides is 1. The number of nitrogens with one attached hydrogen (secondary N) is 1. The summed E-state index contributed by atoms with van der Waals surface area (Å²) in [5.41, 5.74) is 1.03. The Kier molecular flexibility index (Phi) is 7.08. The molecular weight excluding hydrogens is 459 g/mol. The third-order valence-corrected chi connectivity index (χ3v) is 7.74. The largest absolute Gasteiger partial charge is 0.349 e. The summed E-state index contributed by atoms with van der Waals surface area (Å²) in [6.45, 7) is 2.41. The van der Waals surface area contributed by atoms with E-state index in [4.69, 9.17) is 0 Å². The zero-order valence-electron chi connectivity index (χ0n) is 16.1. The number of rotatable bonds is 6. The van der Waals surface area contributed by atoms with Gasteiger partial charge in [0.15, 0.2) is 0 Å². The minimum atomic E-state index is -3.89. The molecule has 1 amide bonds. The predicted molar refractivity (Wildman–Crippen MR) is 113 cm³/mol. The Labute approximate surface area is 179 Å². The van der Waals surface area contributed by atoms with Crippen LogP contribution in [0.2, 0.25) is 0 Å². The maximum absolute atomic E-state index is 13.9. The summed E-state index contributed by atoms with van der Waals surface area (Å²) < 4.78 is 41.6. The van der Waals surface area contributed by atoms with Crippen LogP contribution in [-0.2, 0) is 14.8 Å². The van der Waals surface area contributed by atoms with Gasteiger partial charge in [0.2, 0.25) is 15.9 Å². The van der Waals surface area contributed by atoms with Crippen molar-refractivity contribution in [2.24, 2.45) is 5.92 Å². The normalized spacial score (nSPS) is 17.1. The lowest BCUT2D eigenvalue weighted by Gasteiger charge is -2.31. The fourth-order valence-electron chi connectivity index (χ4n) is 3.56. The number of carbonyl (C=O) groups excluding carboxylic acids is 1. The Hall–Kier alpha value is -1.77. The number of benzene rings is 2. The van der Waals surface area contributed by atoms with Gasteiger partial charge in [-0.3, -0.25) is 4.79 Å². The number of hydrogen-bond acceptors (Lipinski definition) is 3. The van der Waals surface area contributed by atoms with Gasteiger partial charge in [-0.25, -0.2) is 12.8 Å². The minimum absolute atomic E-state index is 0.0669. The molecule has 1 saturated heterocycles. The molecule has 1 aliphatic heterocycles. The van der Waals surface area contributed by atoms with Crippen molar-refractivity contribution in [2.75, 3.05) is 13.1 Å². The van der Waals surface area contributed by atoms with Gasteiger partial charge in [0.05, 0.1) is 6.04 Å². The van der Waals surface area contributed by atoms with Crippen molar-refractivity contribution >= 4 is 31.9 Å². The summed E-state index contributed by atoms with van der Waals surface area (Å²) in [5, 5.41) is 3.08. The quantitative estimate of drug-likeness (QED) is 0.668. The van der Waals surface area contributed by atoms with Crippen LogP contribution in [0.25, 0.3) is 0 Å². The number of hydrogen-bond donors (Lipinski definition) is 1. The molecule has 1 atom stereocenters. The lowest BCUT2D eigenvalue weighted by atomic mass is 9.96. The number of carbonyl (C=O) groups is 1. The van der Waals surface area contributed by atoms with Crippen LogP contribution in [0.4, 0.5) is 4.39 Å². The Morgan fingerprint density at radius 3 is 2.38 bits per heavy atom. The van der Waals surface area contributed by atoms with Gasteiger partial charge in [0.1, 0.15) is 10.7 Å². The van der Waals surface area contributed by atoms with Crippen molar-refractivity contribution in [3.8, 4) is 0 Å². The Balaban J connectivity index is 1.62. The van der Waals surface area contributed by atoms with Crippen molar-refractivity contribution in [3.63, 3.8) is 0 Å². The van der Waals surface area contributed by atoms with E-state index in [-0.39, 0.29) is 35.9 Å². The Morgan fingerprint density at radius 2 is 1.79 bits per heavy atom. The molecule has 1 fully saturated rings. The van der Waals surface area contributed by atoms with Gasteiger partial charge < -0.3 is 5.32 Å². The van der Waals surface area contributed by atoms with E-state index in [0.29, 0.717) is 12.8 Å². The fraction of sp³-hybridized carbons (Fsp3) is 0.381. The first-order valence-electron chi connectivity index (χ1n) is 9.63. The van der Waals surface area contributed by atoms with Crippen molar-refractivity contribution < 1.29 is 17.6 Å². The molecule has 1 aliphatic rings. The number of nitrogens with zero attached hydrogens (tertiary/aromatic N) is 1. The van der Waals surface area contributed by atoms with Gasteiger partial charge in [-0.15, -0.1) is 0 Å². The Bertz CT molecular complexity index is 958. The molecular formula is C21H24BrFN2O3S. The van der Waals surface area contributed by atoms with Gasteiger partial charge >= 0.3 is 0 Å². The third kappa shape index (κ3) is 5.05. The SMILES string of the molecule is CCC(NC(=O)C1CCN(S(=O)(=O)c2ccccc2F)CC1)c1ccc(Br)cc1. The number of sulfonamides is 1. The smallest absolute Gasteiger partial charge is 0.245 e. The van der Waals surface area contributed by atoms with Crippen LogP contribution in [0.5, 0.6) is 0 Å². The van der Waals surface area contributed by atoms with Gasteiger partial charge in [-0.2, -0.15) is 4.31 Å². The highest BCUT2D eigenvalue weighted by Gasteiger charge is 2.33. The average Bonchev–Trinajstić information content (AvgIpc) is 2.73. The molecule has 0 aliphatic carbocycles. The standard InChI is InChI=1S/C21H24BrFN2O3S/c1-2-19(15-7-9-17(22)10-8-15)24-21(26)16-11-13-25(14-12-16)29(27,28)20-6-4-3-5-18(20)23/h3-10,16,19H,2,11-14H2,1H3,(H,24,26). The molecule has 1 N–H and O–H groups in total. The molecule has 0 saturated carbocycles. The highest BCUT2D eigenvalue weighted by Crippen LogP contribution is 2.27. The van der Waals surface area contributed by atoms with Crippen LogP contribution in [0.15, 0.2) is 57.9 Å². The second-order valence-electron chi connectivity index (χ2n) is 7.13. The maximum Gasteiger partial charge on any atom is 0.245 e. The van der Waals surface area contributed by atoms with Crippen molar-refractivity contribution in [2.45, 2.75) is 37.1 Å². The molecule has 2 aromatic carbocycles. The summed E-state index contributed by atoms with van der Waals surface area (Å²) in [5.74, 6) is -1.08. The lowest BCUT2D eigenvalue weighted by Crippen LogP contribution is -2.43. The summed E-state index contributed by atoms with van der Waals surface area (Å²) in [6.07, 6.45) is 1.58. The van der Waals surface area contributed by atoms with Crippen LogP contribution in [0.1, 0.15) is 37.8 Å². The summed E-state index contributed by atoms with van der Waals surface area (Å²) in [7, 11) is -3.89. The third-order valence-electron chi connectivity index (χ3n) is 5.28. The zero-order valence-corrected chi connectivity index (χ0v) is 18.5. The van der Waals surface area contributed by atoms with E-state index < -0.39 is 15.8 Å². The van der Waals surface area contributed by atoms with Crippen molar-refractivity contribution in [1.82, 2.24) is 9.62 Å². The highest BCUT2D eigenvalue weighted by atomic mass is 79.9. The van der Waals surface area contributed by atoms with E-state index in [1.807, 2.05) is 31.2 Å². The molecule has 8 heteroatoms. The second kappa shape index (κ2) is 9.36. The van der Waals surface area contributed by atoms with E-state index in [9.17, 15) is 17.6 Å². The van der Waals surface area contributed by atoms with Gasteiger partial charge in [0.25, 0.3) is 0 Å². The first-order chi connectivity index (χ1) is 13.8. The van der Waals surface area contributed by atoms with Crippen LogP contribution in [-0.4, -0.2) is 31.7 Å². The predicted octanol–water partition coefficient (Wildman–Crippen LogP) is 4.26. The average molecular weight is 483 g/mol. The monoisotopic (exact) mass is 482 g/mol. The lowest BCUT2D eigenvalue weighted by molar-refractivity contribution is -0.126. The van der Waals surface area contributed by atoms with Crippen molar-refractivity contribution in [1.29, 1.82) is 0 Å². The molecule has 156 valence electrons. The molecule has 1 unspecified atom stereocenters. The maximum atomic E-state index is 13.9. The van der Waals surface area contributed by atoms with Crippen LogP contribution >= 0.6 is 15.9 Å². The van der Waals surface area contributed by atoms with Crippen LogP contribution < -0.4 is 5.32 Å². The number of halogens is 2. The first kappa shape index (κ1) is 21.9. The van der Waals surface area contributed by atoms with Gasteiger partial charge in [-0.05, 0) is 49.1 Å². The minimum Gasteiger partial charge on any atom is -0.349 e. The van der Waals surface area contributed by atoms with Crippen molar-refractivity contribution in [3.05, 3.63) is 64.4 Å². The molecule has 5 nitrogen and oxygen atoms in total. The molecule has 1 heterocycles. The zero-order chi connectivity index (χ0) is 21.0. The second-order valence-corrected chi connectivity index (χ2v) is 9.95. The Morgan fingerprint density at radius 1 is 1.17 bits per heavy atom. The molecule has 0 aromatic heterocycles. The summed E-state index contributed by atoms with van der Waals surface area (Å²) >= 11 is 3.41. The van der Waals surface area contributed by atoms with Crippen LogP contribution in [0, 0.1) is 11.7 Å². The van der Waals surface area contributed by atoms with E-state index in [0.717, 1.165) is 22.5 Å². The fourth-order valence-corrected chi connectivity index (χ4v) is 5.36. The van der Waals surface area contributed by atoms with E-state index >= 15 is 0 Å². The molecule has 3 rings (SSSR count). The van der Waals surface area contributed by atoms with E-state index in [2.05, 4.69) is 21.2 Å². The molecule has 0 radical (unpaired) electrons. The van der Waals surface area contributed by atoms with Gasteiger partial charge in [0, 0.05) is 23.5 Å². The number of piperidine rings is 1. The molecule has 29 heavy (non-hydrogen) atoms. The van der Waals surface area contributed by atoms with Gasteiger partial charge in [-0.1, -0.05) is 47.1 Å². The van der Waals surface area contributed by atoms with Crippen LogP contribution in [0.3, 0.4) is 0 Å². The topological polar surface area (TPSA) is 66.5 Å². The highest BCUT2D eigenvalue weighted by molar-refractivity contribution is 9.10. The summed E-state index contributed by atoms with van der Waals surface area (Å²) in [4.78, 5) is 12.4. The summed E-state index contributed by atoms with van der Waals surface area (Å²) in [6, 6.07) is 13.1. The molecule has 2 aromatic rings. The molecule has 0 bridgehead atoms. The molecule has 0 spiro atoms. The van der Waals surface area contributed by atoms with E-state index in [1.54, 1.807) is 0 Å².